The molecule has 2 N–H and O–H groups in total. The molecule has 0 aromatic heterocycles. The fourth-order valence-corrected chi connectivity index (χ4v) is 4.08. The van der Waals surface area contributed by atoms with Crippen molar-refractivity contribution in [1.29, 1.82) is 0 Å². The van der Waals surface area contributed by atoms with Crippen LogP contribution in [0.3, 0.4) is 0 Å². The number of benzene rings is 2. The number of halogens is 1. The van der Waals surface area contributed by atoms with Gasteiger partial charge >= 0.3 is 12.0 Å². The van der Waals surface area contributed by atoms with Crippen LogP contribution < -0.4 is 20.1 Å². The average Bonchev–Trinajstić information content (AvgIpc) is 3.21. The van der Waals surface area contributed by atoms with Gasteiger partial charge in [0.15, 0.2) is 11.5 Å². The molecule has 2 aromatic rings. The first-order chi connectivity index (χ1) is 14.5. The molecule has 30 heavy (non-hydrogen) atoms. The number of hydrogen-bond acceptors (Lipinski definition) is 6. The van der Waals surface area contributed by atoms with Gasteiger partial charge in [0.05, 0.1) is 18.2 Å². The molecule has 4 rings (SSSR count). The molecule has 2 aliphatic heterocycles. The average molecular weight is 430 g/mol. The van der Waals surface area contributed by atoms with Gasteiger partial charge in [-0.25, -0.2) is 14.0 Å². The topological polar surface area (TPSA) is 85.9 Å². The lowest BCUT2D eigenvalue weighted by Crippen LogP contribution is -2.46. The number of urea groups is 1. The Bertz CT molecular complexity index is 1010. The molecule has 0 saturated carbocycles. The van der Waals surface area contributed by atoms with Crippen molar-refractivity contribution in [2.45, 2.75) is 17.9 Å². The van der Waals surface area contributed by atoms with E-state index in [0.717, 1.165) is 4.90 Å². The molecular formula is C21H19FN2O5S. The summed E-state index contributed by atoms with van der Waals surface area (Å²) in [6.07, 6.45) is 0. The van der Waals surface area contributed by atoms with E-state index >= 15 is 0 Å². The molecule has 7 nitrogen and oxygen atoms in total. The Labute approximate surface area is 176 Å². The molecule has 0 bridgehead atoms. The summed E-state index contributed by atoms with van der Waals surface area (Å²) in [5.74, 6) is 0.596. The van der Waals surface area contributed by atoms with Crippen LogP contribution >= 0.6 is 11.8 Å². The summed E-state index contributed by atoms with van der Waals surface area (Å²) in [6.45, 7) is 2.04. The number of amides is 2. The number of rotatable bonds is 6. The Hall–Kier alpha value is -3.20. The molecule has 156 valence electrons. The van der Waals surface area contributed by atoms with Crippen LogP contribution in [0.2, 0.25) is 0 Å². The van der Waals surface area contributed by atoms with Crippen LogP contribution in [0.5, 0.6) is 11.5 Å². The van der Waals surface area contributed by atoms with Crippen LogP contribution in [-0.4, -0.2) is 31.2 Å². The van der Waals surface area contributed by atoms with Gasteiger partial charge in [0.1, 0.15) is 5.82 Å². The first kappa shape index (κ1) is 20.1. The van der Waals surface area contributed by atoms with Crippen molar-refractivity contribution in [3.05, 3.63) is 65.1 Å². The summed E-state index contributed by atoms with van der Waals surface area (Å²) in [7, 11) is 0. The predicted octanol–water partition coefficient (Wildman–Crippen LogP) is 3.52. The number of ether oxygens (including phenoxy) is 3. The van der Waals surface area contributed by atoms with Crippen molar-refractivity contribution in [1.82, 2.24) is 10.6 Å². The van der Waals surface area contributed by atoms with Crippen molar-refractivity contribution in [3.8, 4) is 11.5 Å². The highest BCUT2D eigenvalue weighted by Gasteiger charge is 2.34. The molecule has 0 saturated heterocycles. The van der Waals surface area contributed by atoms with Crippen LogP contribution in [-0.2, 0) is 9.53 Å². The van der Waals surface area contributed by atoms with Crippen molar-refractivity contribution < 1.29 is 28.2 Å². The lowest BCUT2D eigenvalue weighted by Gasteiger charge is -2.29. The summed E-state index contributed by atoms with van der Waals surface area (Å²) in [4.78, 5) is 26.0. The largest absolute Gasteiger partial charge is 0.463 e. The molecule has 1 unspecified atom stereocenters. The Morgan fingerprint density at radius 2 is 1.97 bits per heavy atom. The highest BCUT2D eigenvalue weighted by Crippen LogP contribution is 2.37. The second-order valence-corrected chi connectivity index (χ2v) is 7.55. The lowest BCUT2D eigenvalue weighted by molar-refractivity contribution is -0.139. The van der Waals surface area contributed by atoms with Crippen molar-refractivity contribution in [3.63, 3.8) is 0 Å². The normalized spacial score (nSPS) is 17.4. The lowest BCUT2D eigenvalue weighted by atomic mass is 9.95. The Balaban J connectivity index is 1.68. The molecule has 2 amide bonds. The van der Waals surface area contributed by atoms with E-state index in [1.54, 1.807) is 37.3 Å². The summed E-state index contributed by atoms with van der Waals surface area (Å²) < 4.78 is 29.2. The molecule has 1 atom stereocenters. The number of carbonyl (C=O) groups excluding carboxylic acids is 2. The van der Waals surface area contributed by atoms with E-state index in [4.69, 9.17) is 14.2 Å². The van der Waals surface area contributed by atoms with Gasteiger partial charge in [-0.05, 0) is 48.9 Å². The molecular weight excluding hydrogens is 411 g/mol. The van der Waals surface area contributed by atoms with E-state index in [-0.39, 0.29) is 19.2 Å². The summed E-state index contributed by atoms with van der Waals surface area (Å²) >= 11 is 1.37. The SMILES string of the molecule is CCOC(=O)C1=C(CSc2ccc(F)cc2)NC(=O)NC1c1ccc2c(c1)OCO2. The van der Waals surface area contributed by atoms with Gasteiger partial charge in [0, 0.05) is 16.3 Å². The minimum Gasteiger partial charge on any atom is -0.463 e. The number of thioether (sulfide) groups is 1. The van der Waals surface area contributed by atoms with Gasteiger partial charge in [-0.1, -0.05) is 6.07 Å². The highest BCUT2D eigenvalue weighted by atomic mass is 32.2. The molecule has 2 heterocycles. The summed E-state index contributed by atoms with van der Waals surface area (Å²) in [5, 5.41) is 5.50. The number of fused-ring (bicyclic) bond motifs is 1. The van der Waals surface area contributed by atoms with Crippen molar-refractivity contribution in [2.75, 3.05) is 19.2 Å². The maximum absolute atomic E-state index is 13.2. The van der Waals surface area contributed by atoms with E-state index in [0.29, 0.717) is 34.1 Å². The van der Waals surface area contributed by atoms with Gasteiger partial charge in [0.25, 0.3) is 0 Å². The molecule has 0 aliphatic carbocycles. The second kappa shape index (κ2) is 8.66. The minimum absolute atomic E-state index is 0.123. The Morgan fingerprint density at radius 3 is 2.73 bits per heavy atom. The zero-order valence-corrected chi connectivity index (χ0v) is 16.9. The quantitative estimate of drug-likeness (QED) is 0.539. The van der Waals surface area contributed by atoms with Crippen LogP contribution in [0, 0.1) is 5.82 Å². The smallest absolute Gasteiger partial charge is 0.338 e. The van der Waals surface area contributed by atoms with E-state index in [1.807, 2.05) is 0 Å². The number of nitrogens with one attached hydrogen (secondary N) is 2. The van der Waals surface area contributed by atoms with Crippen molar-refractivity contribution in [2.24, 2.45) is 0 Å². The zero-order chi connectivity index (χ0) is 21.1. The molecule has 2 aromatic carbocycles. The van der Waals surface area contributed by atoms with Gasteiger partial charge in [-0.2, -0.15) is 0 Å². The van der Waals surface area contributed by atoms with Crippen LogP contribution in [0.1, 0.15) is 18.5 Å². The zero-order valence-electron chi connectivity index (χ0n) is 16.1. The third-order valence-electron chi connectivity index (χ3n) is 4.58. The molecule has 0 radical (unpaired) electrons. The predicted molar refractivity (Wildman–Crippen MR) is 108 cm³/mol. The summed E-state index contributed by atoms with van der Waals surface area (Å²) in [6, 6.07) is 10.1. The Kier molecular flexibility index (Phi) is 5.80. The fourth-order valence-electron chi connectivity index (χ4n) is 3.21. The van der Waals surface area contributed by atoms with Crippen LogP contribution in [0.4, 0.5) is 9.18 Å². The monoisotopic (exact) mass is 430 g/mol. The third kappa shape index (κ3) is 4.20. The molecule has 2 aliphatic rings. The van der Waals surface area contributed by atoms with E-state index in [2.05, 4.69) is 10.6 Å². The van der Waals surface area contributed by atoms with Crippen LogP contribution in [0.25, 0.3) is 0 Å². The number of esters is 1. The third-order valence-corrected chi connectivity index (χ3v) is 5.61. The minimum atomic E-state index is -0.712. The fraction of sp³-hybridized carbons (Fsp3) is 0.238. The summed E-state index contributed by atoms with van der Waals surface area (Å²) in [5.41, 5.74) is 1.42. The standard InChI is InChI=1S/C21H19FN2O5S/c1-2-27-20(25)18-15(10-30-14-6-4-13(22)5-7-14)23-21(26)24-19(18)12-3-8-16-17(9-12)29-11-28-16/h3-9,19H,2,10-11H2,1H3,(H2,23,24,26). The molecule has 9 heteroatoms. The van der Waals surface area contributed by atoms with Gasteiger partial charge < -0.3 is 24.8 Å². The van der Waals surface area contributed by atoms with Gasteiger partial charge in [0.2, 0.25) is 6.79 Å². The highest BCUT2D eigenvalue weighted by molar-refractivity contribution is 7.99. The molecule has 0 fully saturated rings. The van der Waals surface area contributed by atoms with E-state index in [1.165, 1.54) is 23.9 Å². The Morgan fingerprint density at radius 1 is 1.20 bits per heavy atom. The molecule has 0 spiro atoms. The van der Waals surface area contributed by atoms with Crippen molar-refractivity contribution >= 4 is 23.8 Å². The van der Waals surface area contributed by atoms with E-state index < -0.39 is 18.0 Å². The first-order valence-electron chi connectivity index (χ1n) is 9.30. The first-order valence-corrected chi connectivity index (χ1v) is 10.3. The van der Waals surface area contributed by atoms with Gasteiger partial charge in [-0.15, -0.1) is 11.8 Å². The maximum Gasteiger partial charge on any atom is 0.338 e. The number of carbonyl (C=O) groups is 2. The maximum atomic E-state index is 13.2. The van der Waals surface area contributed by atoms with E-state index in [9.17, 15) is 14.0 Å². The van der Waals surface area contributed by atoms with Crippen LogP contribution in [0.15, 0.2) is 58.6 Å². The van der Waals surface area contributed by atoms with Gasteiger partial charge in [-0.3, -0.25) is 0 Å². The second-order valence-electron chi connectivity index (χ2n) is 6.50. The number of hydrogen-bond donors (Lipinski definition) is 2.